The van der Waals surface area contributed by atoms with Gasteiger partial charge in [0.15, 0.2) is 5.96 Å². The zero-order valence-electron chi connectivity index (χ0n) is 13.3. The average Bonchev–Trinajstić information content (AvgIpc) is 3.06. The lowest BCUT2D eigenvalue weighted by Crippen LogP contribution is -2.40. The molecule has 124 valence electrons. The number of nitrogens with one attached hydrogen (secondary N) is 2. The number of thioether (sulfide) groups is 1. The number of aliphatic imine (C=N–C) groups is 1. The predicted octanol–water partition coefficient (Wildman–Crippen LogP) is 2.29. The summed E-state index contributed by atoms with van der Waals surface area (Å²) in [6.07, 6.45) is 8.50. The SMILES string of the molecule is CSCCNC(=NCC1CCCCO1)NCCc1ccco1. The fourth-order valence-corrected chi connectivity index (χ4v) is 2.66. The van der Waals surface area contributed by atoms with Crippen LogP contribution in [-0.2, 0) is 11.2 Å². The van der Waals surface area contributed by atoms with E-state index in [1.165, 1.54) is 12.8 Å². The van der Waals surface area contributed by atoms with Gasteiger partial charge in [0.25, 0.3) is 0 Å². The largest absolute Gasteiger partial charge is 0.469 e. The molecule has 5 nitrogen and oxygen atoms in total. The topological polar surface area (TPSA) is 58.8 Å². The van der Waals surface area contributed by atoms with Crippen LogP contribution in [0.2, 0.25) is 0 Å². The monoisotopic (exact) mass is 325 g/mol. The highest BCUT2D eigenvalue weighted by atomic mass is 32.2. The maximum Gasteiger partial charge on any atom is 0.191 e. The molecule has 0 aliphatic carbocycles. The molecular formula is C16H27N3O2S. The van der Waals surface area contributed by atoms with Crippen LogP contribution in [0.3, 0.4) is 0 Å². The molecule has 1 aliphatic heterocycles. The van der Waals surface area contributed by atoms with Gasteiger partial charge in [-0.1, -0.05) is 0 Å². The lowest BCUT2D eigenvalue weighted by Gasteiger charge is -2.21. The number of hydrogen-bond acceptors (Lipinski definition) is 4. The Morgan fingerprint density at radius 2 is 2.27 bits per heavy atom. The first-order chi connectivity index (χ1) is 10.9. The second-order valence-corrected chi connectivity index (χ2v) is 6.34. The van der Waals surface area contributed by atoms with Gasteiger partial charge < -0.3 is 19.8 Å². The Hall–Kier alpha value is -1.14. The van der Waals surface area contributed by atoms with Gasteiger partial charge in [-0.2, -0.15) is 11.8 Å². The smallest absolute Gasteiger partial charge is 0.191 e. The van der Waals surface area contributed by atoms with Gasteiger partial charge in [-0.05, 0) is 37.7 Å². The van der Waals surface area contributed by atoms with Gasteiger partial charge >= 0.3 is 0 Å². The number of rotatable bonds is 8. The van der Waals surface area contributed by atoms with E-state index in [1.807, 2.05) is 23.9 Å². The minimum atomic E-state index is 0.276. The van der Waals surface area contributed by atoms with Crippen LogP contribution in [0.4, 0.5) is 0 Å². The highest BCUT2D eigenvalue weighted by Gasteiger charge is 2.13. The minimum absolute atomic E-state index is 0.276. The summed E-state index contributed by atoms with van der Waals surface area (Å²) in [4.78, 5) is 4.67. The molecule has 0 saturated carbocycles. The zero-order chi connectivity index (χ0) is 15.5. The lowest BCUT2D eigenvalue weighted by atomic mass is 10.1. The first kappa shape index (κ1) is 17.2. The van der Waals surface area contributed by atoms with Gasteiger partial charge in [-0.3, -0.25) is 4.99 Å². The second kappa shape index (κ2) is 10.6. The molecule has 1 aromatic heterocycles. The molecule has 2 rings (SSSR count). The number of furan rings is 1. The summed E-state index contributed by atoms with van der Waals surface area (Å²) >= 11 is 1.83. The summed E-state index contributed by atoms with van der Waals surface area (Å²) in [6.45, 7) is 3.33. The predicted molar refractivity (Wildman–Crippen MR) is 92.7 cm³/mol. The number of guanidine groups is 1. The van der Waals surface area contributed by atoms with Crippen LogP contribution >= 0.6 is 11.8 Å². The Morgan fingerprint density at radius 3 is 3.00 bits per heavy atom. The third kappa shape index (κ3) is 6.75. The molecule has 2 N–H and O–H groups in total. The van der Waals surface area contributed by atoms with Gasteiger partial charge in [0.2, 0.25) is 0 Å². The van der Waals surface area contributed by atoms with E-state index >= 15 is 0 Å². The Kier molecular flexibility index (Phi) is 8.27. The van der Waals surface area contributed by atoms with E-state index in [-0.39, 0.29) is 6.10 Å². The number of nitrogens with zero attached hydrogens (tertiary/aromatic N) is 1. The number of hydrogen-bond donors (Lipinski definition) is 2. The summed E-state index contributed by atoms with van der Waals surface area (Å²) in [6, 6.07) is 3.91. The summed E-state index contributed by atoms with van der Waals surface area (Å²) in [5.41, 5.74) is 0. The zero-order valence-corrected chi connectivity index (χ0v) is 14.2. The van der Waals surface area contributed by atoms with E-state index in [9.17, 15) is 0 Å². The number of ether oxygens (including phenoxy) is 1. The molecule has 1 aliphatic rings. The van der Waals surface area contributed by atoms with Crippen LogP contribution in [0.15, 0.2) is 27.8 Å². The summed E-state index contributed by atoms with van der Waals surface area (Å²) in [5, 5.41) is 6.74. The fourth-order valence-electron chi connectivity index (χ4n) is 2.35. The van der Waals surface area contributed by atoms with Crippen molar-refractivity contribution in [3.63, 3.8) is 0 Å². The highest BCUT2D eigenvalue weighted by Crippen LogP contribution is 2.12. The van der Waals surface area contributed by atoms with Crippen molar-refractivity contribution >= 4 is 17.7 Å². The Morgan fingerprint density at radius 1 is 1.36 bits per heavy atom. The quantitative estimate of drug-likeness (QED) is 0.436. The van der Waals surface area contributed by atoms with Crippen LogP contribution in [-0.4, -0.2) is 50.3 Å². The van der Waals surface area contributed by atoms with E-state index in [2.05, 4.69) is 21.9 Å². The van der Waals surface area contributed by atoms with Crippen LogP contribution in [0.5, 0.6) is 0 Å². The fraction of sp³-hybridized carbons (Fsp3) is 0.688. The normalized spacial score (nSPS) is 19.1. The molecule has 0 radical (unpaired) electrons. The molecule has 1 unspecified atom stereocenters. The second-order valence-electron chi connectivity index (χ2n) is 5.35. The van der Waals surface area contributed by atoms with Gasteiger partial charge in [0, 0.05) is 31.9 Å². The van der Waals surface area contributed by atoms with E-state index in [4.69, 9.17) is 9.15 Å². The van der Waals surface area contributed by atoms with E-state index in [0.717, 1.165) is 56.6 Å². The first-order valence-corrected chi connectivity index (χ1v) is 9.43. The molecule has 1 atom stereocenters. The Bertz CT molecular complexity index is 417. The van der Waals surface area contributed by atoms with Crippen molar-refractivity contribution in [2.75, 3.05) is 38.2 Å². The summed E-state index contributed by atoms with van der Waals surface area (Å²) in [5.74, 6) is 2.93. The van der Waals surface area contributed by atoms with Crippen molar-refractivity contribution in [1.29, 1.82) is 0 Å². The first-order valence-electron chi connectivity index (χ1n) is 8.03. The minimum Gasteiger partial charge on any atom is -0.469 e. The van der Waals surface area contributed by atoms with Crippen LogP contribution < -0.4 is 10.6 Å². The van der Waals surface area contributed by atoms with Crippen molar-refractivity contribution < 1.29 is 9.15 Å². The molecule has 0 bridgehead atoms. The molecule has 0 amide bonds. The van der Waals surface area contributed by atoms with E-state index < -0.39 is 0 Å². The highest BCUT2D eigenvalue weighted by molar-refractivity contribution is 7.98. The molecule has 22 heavy (non-hydrogen) atoms. The van der Waals surface area contributed by atoms with Crippen molar-refractivity contribution in [3.05, 3.63) is 24.2 Å². The Balaban J connectivity index is 1.75. The van der Waals surface area contributed by atoms with Crippen LogP contribution in [0, 0.1) is 0 Å². The van der Waals surface area contributed by atoms with Gasteiger partial charge in [-0.15, -0.1) is 0 Å². The molecule has 0 spiro atoms. The van der Waals surface area contributed by atoms with Crippen molar-refractivity contribution in [1.82, 2.24) is 10.6 Å². The van der Waals surface area contributed by atoms with E-state index in [1.54, 1.807) is 6.26 Å². The average molecular weight is 325 g/mol. The molecule has 1 fully saturated rings. The molecule has 0 aromatic carbocycles. The summed E-state index contributed by atoms with van der Waals surface area (Å²) in [7, 11) is 0. The molecule has 1 aromatic rings. The molecule has 2 heterocycles. The van der Waals surface area contributed by atoms with Crippen molar-refractivity contribution in [3.8, 4) is 0 Å². The maximum atomic E-state index is 5.74. The van der Waals surface area contributed by atoms with Crippen LogP contribution in [0.1, 0.15) is 25.0 Å². The standard InChI is InChI=1S/C16H27N3O2S/c1-22-12-9-18-16(17-8-7-14-6-4-11-20-14)19-13-15-5-2-3-10-21-15/h4,6,11,15H,2-3,5,7-10,12-13H2,1H3,(H2,17,18,19). The van der Waals surface area contributed by atoms with Gasteiger partial charge in [0.05, 0.1) is 18.9 Å². The Labute approximate surface area is 137 Å². The summed E-state index contributed by atoms with van der Waals surface area (Å²) < 4.78 is 11.1. The van der Waals surface area contributed by atoms with Crippen molar-refractivity contribution in [2.45, 2.75) is 31.8 Å². The molecular weight excluding hydrogens is 298 g/mol. The van der Waals surface area contributed by atoms with Crippen LogP contribution in [0.25, 0.3) is 0 Å². The third-order valence-electron chi connectivity index (χ3n) is 3.57. The van der Waals surface area contributed by atoms with Crippen molar-refractivity contribution in [2.24, 2.45) is 4.99 Å². The van der Waals surface area contributed by atoms with Gasteiger partial charge in [0.1, 0.15) is 5.76 Å². The third-order valence-corrected chi connectivity index (χ3v) is 4.18. The lowest BCUT2D eigenvalue weighted by molar-refractivity contribution is 0.0224. The van der Waals surface area contributed by atoms with Gasteiger partial charge in [-0.25, -0.2) is 0 Å². The van der Waals surface area contributed by atoms with E-state index in [0.29, 0.717) is 0 Å². The molecule has 1 saturated heterocycles. The molecule has 6 heteroatoms. The maximum absolute atomic E-state index is 5.74.